The molecule has 1 atom stereocenters. The standard InChI is InChI=1S/C11H17N3O/c1-3-7(2)14-10-5-4-8(11(13)15)6-9(10)12/h4-7,14H,3,12H2,1-2H3,(H2,13,15)/t7-/m1/s1. The molecule has 0 spiro atoms. The first-order chi connectivity index (χ1) is 7.04. The number of primary amides is 1. The van der Waals surface area contributed by atoms with Crippen molar-refractivity contribution in [2.75, 3.05) is 11.1 Å². The van der Waals surface area contributed by atoms with Gasteiger partial charge < -0.3 is 16.8 Å². The molecule has 5 N–H and O–H groups in total. The van der Waals surface area contributed by atoms with Crippen molar-refractivity contribution in [2.45, 2.75) is 26.3 Å². The van der Waals surface area contributed by atoms with Crippen LogP contribution in [-0.2, 0) is 0 Å². The summed E-state index contributed by atoms with van der Waals surface area (Å²) in [7, 11) is 0. The summed E-state index contributed by atoms with van der Waals surface area (Å²) in [5.41, 5.74) is 12.8. The smallest absolute Gasteiger partial charge is 0.248 e. The van der Waals surface area contributed by atoms with Crippen molar-refractivity contribution in [2.24, 2.45) is 5.73 Å². The van der Waals surface area contributed by atoms with Gasteiger partial charge in [0, 0.05) is 11.6 Å². The number of nitrogen functional groups attached to an aromatic ring is 1. The molecule has 1 aromatic carbocycles. The van der Waals surface area contributed by atoms with Crippen molar-refractivity contribution in [3.05, 3.63) is 23.8 Å². The first-order valence-electron chi connectivity index (χ1n) is 5.00. The van der Waals surface area contributed by atoms with E-state index in [0.717, 1.165) is 12.1 Å². The summed E-state index contributed by atoms with van der Waals surface area (Å²) in [5.74, 6) is -0.461. The molecule has 0 fully saturated rings. The summed E-state index contributed by atoms with van der Waals surface area (Å²) in [4.78, 5) is 10.9. The minimum Gasteiger partial charge on any atom is -0.397 e. The predicted molar refractivity (Wildman–Crippen MR) is 62.7 cm³/mol. The lowest BCUT2D eigenvalue weighted by Crippen LogP contribution is -2.16. The minimum absolute atomic E-state index is 0.353. The van der Waals surface area contributed by atoms with Crippen LogP contribution in [0.4, 0.5) is 11.4 Å². The lowest BCUT2D eigenvalue weighted by Gasteiger charge is -2.15. The Morgan fingerprint density at radius 2 is 2.20 bits per heavy atom. The van der Waals surface area contributed by atoms with Gasteiger partial charge in [0.1, 0.15) is 0 Å². The second-order valence-electron chi connectivity index (χ2n) is 3.62. The third-order valence-corrected chi connectivity index (χ3v) is 2.35. The van der Waals surface area contributed by atoms with Crippen LogP contribution in [0.1, 0.15) is 30.6 Å². The Bertz CT molecular complexity index is 363. The van der Waals surface area contributed by atoms with Gasteiger partial charge in [-0.3, -0.25) is 4.79 Å². The topological polar surface area (TPSA) is 81.1 Å². The number of amides is 1. The second kappa shape index (κ2) is 4.68. The van der Waals surface area contributed by atoms with Crippen LogP contribution >= 0.6 is 0 Å². The number of rotatable bonds is 4. The molecule has 4 heteroatoms. The largest absolute Gasteiger partial charge is 0.397 e. The fourth-order valence-corrected chi connectivity index (χ4v) is 1.21. The molecule has 82 valence electrons. The van der Waals surface area contributed by atoms with Crippen LogP contribution in [0.25, 0.3) is 0 Å². The summed E-state index contributed by atoms with van der Waals surface area (Å²) < 4.78 is 0. The maximum absolute atomic E-state index is 10.9. The summed E-state index contributed by atoms with van der Waals surface area (Å²) in [6.07, 6.45) is 1.01. The molecular formula is C11H17N3O. The number of nitrogens with one attached hydrogen (secondary N) is 1. The Morgan fingerprint density at radius 3 is 2.67 bits per heavy atom. The first-order valence-corrected chi connectivity index (χ1v) is 5.00. The zero-order chi connectivity index (χ0) is 11.4. The van der Waals surface area contributed by atoms with Gasteiger partial charge in [-0.1, -0.05) is 6.92 Å². The molecule has 1 rings (SSSR count). The van der Waals surface area contributed by atoms with Crippen LogP contribution in [0.2, 0.25) is 0 Å². The Hall–Kier alpha value is -1.71. The Morgan fingerprint density at radius 1 is 1.53 bits per heavy atom. The van der Waals surface area contributed by atoms with E-state index >= 15 is 0 Å². The van der Waals surface area contributed by atoms with E-state index in [4.69, 9.17) is 11.5 Å². The van der Waals surface area contributed by atoms with Crippen LogP contribution in [0.15, 0.2) is 18.2 Å². The maximum atomic E-state index is 10.9. The Balaban J connectivity index is 2.88. The number of nitrogens with two attached hydrogens (primary N) is 2. The zero-order valence-electron chi connectivity index (χ0n) is 9.08. The van der Waals surface area contributed by atoms with E-state index in [9.17, 15) is 4.79 Å². The van der Waals surface area contributed by atoms with Gasteiger partial charge in [0.2, 0.25) is 5.91 Å². The number of carbonyl (C=O) groups excluding carboxylic acids is 1. The van der Waals surface area contributed by atoms with Crippen molar-refractivity contribution in [3.63, 3.8) is 0 Å². The van der Waals surface area contributed by atoms with Crippen LogP contribution < -0.4 is 16.8 Å². The van der Waals surface area contributed by atoms with E-state index in [2.05, 4.69) is 19.2 Å². The highest BCUT2D eigenvalue weighted by molar-refractivity contribution is 5.94. The van der Waals surface area contributed by atoms with Gasteiger partial charge in [-0.05, 0) is 31.5 Å². The second-order valence-corrected chi connectivity index (χ2v) is 3.62. The van der Waals surface area contributed by atoms with E-state index < -0.39 is 5.91 Å². The summed E-state index contributed by atoms with van der Waals surface area (Å²) >= 11 is 0. The van der Waals surface area contributed by atoms with Crippen molar-refractivity contribution in [1.82, 2.24) is 0 Å². The van der Waals surface area contributed by atoms with Gasteiger partial charge in [0.25, 0.3) is 0 Å². The fourth-order valence-electron chi connectivity index (χ4n) is 1.21. The lowest BCUT2D eigenvalue weighted by molar-refractivity contribution is 0.100. The quantitative estimate of drug-likeness (QED) is 0.655. The van der Waals surface area contributed by atoms with Gasteiger partial charge in [0.05, 0.1) is 11.4 Å². The minimum atomic E-state index is -0.461. The number of benzene rings is 1. The average molecular weight is 207 g/mol. The number of carbonyl (C=O) groups is 1. The molecule has 0 unspecified atom stereocenters. The predicted octanol–water partition coefficient (Wildman–Crippen LogP) is 1.58. The molecule has 0 saturated carbocycles. The summed E-state index contributed by atoms with van der Waals surface area (Å²) in [6, 6.07) is 5.39. The normalized spacial score (nSPS) is 12.1. The molecular weight excluding hydrogens is 190 g/mol. The highest BCUT2D eigenvalue weighted by Crippen LogP contribution is 2.20. The van der Waals surface area contributed by atoms with Crippen LogP contribution in [0, 0.1) is 0 Å². The molecule has 0 radical (unpaired) electrons. The lowest BCUT2D eigenvalue weighted by atomic mass is 10.1. The Kier molecular flexibility index (Phi) is 3.55. The van der Waals surface area contributed by atoms with E-state index in [1.807, 2.05) is 0 Å². The first kappa shape index (κ1) is 11.4. The van der Waals surface area contributed by atoms with Gasteiger partial charge in [0.15, 0.2) is 0 Å². The summed E-state index contributed by atoms with van der Waals surface area (Å²) in [5, 5.41) is 3.25. The van der Waals surface area contributed by atoms with E-state index in [0.29, 0.717) is 17.3 Å². The number of hydrogen-bond donors (Lipinski definition) is 3. The molecule has 0 aliphatic heterocycles. The average Bonchev–Trinajstić information content (AvgIpc) is 2.20. The molecule has 0 saturated heterocycles. The molecule has 1 amide bonds. The van der Waals surface area contributed by atoms with Gasteiger partial charge in [-0.15, -0.1) is 0 Å². The molecule has 0 aliphatic carbocycles. The van der Waals surface area contributed by atoms with Crippen LogP contribution in [0.3, 0.4) is 0 Å². The fraction of sp³-hybridized carbons (Fsp3) is 0.364. The molecule has 0 aliphatic rings. The molecule has 0 bridgehead atoms. The molecule has 1 aromatic rings. The summed E-state index contributed by atoms with van der Waals surface area (Å²) in [6.45, 7) is 4.16. The number of anilines is 2. The molecule has 4 nitrogen and oxygen atoms in total. The zero-order valence-corrected chi connectivity index (χ0v) is 9.08. The Labute approximate surface area is 89.6 Å². The van der Waals surface area contributed by atoms with E-state index in [-0.39, 0.29) is 0 Å². The van der Waals surface area contributed by atoms with Gasteiger partial charge >= 0.3 is 0 Å². The molecule has 0 heterocycles. The number of hydrogen-bond acceptors (Lipinski definition) is 3. The monoisotopic (exact) mass is 207 g/mol. The maximum Gasteiger partial charge on any atom is 0.248 e. The third kappa shape index (κ3) is 2.87. The van der Waals surface area contributed by atoms with Crippen LogP contribution in [-0.4, -0.2) is 11.9 Å². The van der Waals surface area contributed by atoms with E-state index in [1.54, 1.807) is 18.2 Å². The third-order valence-electron chi connectivity index (χ3n) is 2.35. The van der Waals surface area contributed by atoms with Gasteiger partial charge in [-0.25, -0.2) is 0 Å². The van der Waals surface area contributed by atoms with Crippen molar-refractivity contribution in [3.8, 4) is 0 Å². The highest BCUT2D eigenvalue weighted by Gasteiger charge is 2.06. The highest BCUT2D eigenvalue weighted by atomic mass is 16.1. The SMILES string of the molecule is CC[C@@H](C)Nc1ccc(C(N)=O)cc1N. The van der Waals surface area contributed by atoms with Crippen molar-refractivity contribution in [1.29, 1.82) is 0 Å². The van der Waals surface area contributed by atoms with E-state index in [1.165, 1.54) is 0 Å². The van der Waals surface area contributed by atoms with Crippen molar-refractivity contribution >= 4 is 17.3 Å². The molecule has 15 heavy (non-hydrogen) atoms. The van der Waals surface area contributed by atoms with Crippen molar-refractivity contribution < 1.29 is 4.79 Å². The van der Waals surface area contributed by atoms with Crippen LogP contribution in [0.5, 0.6) is 0 Å². The van der Waals surface area contributed by atoms with Gasteiger partial charge in [-0.2, -0.15) is 0 Å². The molecule has 0 aromatic heterocycles.